The molecule has 5 aromatic rings. The summed E-state index contributed by atoms with van der Waals surface area (Å²) in [5, 5.41) is 0. The summed E-state index contributed by atoms with van der Waals surface area (Å²) in [6, 6.07) is 37.5. The van der Waals surface area contributed by atoms with Gasteiger partial charge in [0.05, 0.1) is 0 Å². The first-order valence-corrected chi connectivity index (χ1v) is 22.3. The molecule has 3 heteroatoms. The molecule has 300 valence electrons. The predicted octanol–water partition coefficient (Wildman–Crippen LogP) is 7.86. The van der Waals surface area contributed by atoms with E-state index in [0.29, 0.717) is 5.41 Å². The molecule has 0 spiro atoms. The number of hydrogen-bond donors (Lipinski definition) is 0. The second-order valence-corrected chi connectivity index (χ2v) is 21.5. The Bertz CT molecular complexity index is 2010. The van der Waals surface area contributed by atoms with Crippen molar-refractivity contribution >= 4 is 3.21 Å². The molecule has 5 aliphatic carbocycles. The minimum Gasteiger partial charge on any atom is -1.00 e. The summed E-state index contributed by atoms with van der Waals surface area (Å²) >= 11 is 1.46. The van der Waals surface area contributed by atoms with Crippen LogP contribution in [0.2, 0.25) is 0 Å². The monoisotopic (exact) mass is 872 g/mol. The van der Waals surface area contributed by atoms with Crippen molar-refractivity contribution in [3.8, 4) is 11.1 Å². The Morgan fingerprint density at radius 1 is 0.667 bits per heavy atom. The predicted molar refractivity (Wildman–Crippen MR) is 232 cm³/mol. The molecule has 0 heterocycles. The SMILES string of the molecule is CC(C)(C)c1[c-]c2c(cc1)-c1ccc(C(C)(C)C)cc1C2.Cc1cc(CC23CC4CC(CC(C4)C2)C3)c(C)[cH-]1.Cc1ccc([C](=[Zr+2])c2ccc(C)cc2)cc1.[Cl-].[Cl-]. The topological polar surface area (TPSA) is 0 Å². The van der Waals surface area contributed by atoms with Crippen molar-refractivity contribution in [2.45, 2.75) is 131 Å². The smallest absolute Gasteiger partial charge is 1.00 e. The van der Waals surface area contributed by atoms with Crippen molar-refractivity contribution in [1.29, 1.82) is 0 Å². The molecule has 5 aliphatic rings. The van der Waals surface area contributed by atoms with Crippen LogP contribution in [0.5, 0.6) is 0 Å². The fourth-order valence-corrected chi connectivity index (χ4v) is 11.4. The van der Waals surface area contributed by atoms with Crippen LogP contribution in [0.1, 0.15) is 141 Å². The Morgan fingerprint density at radius 2 is 1.18 bits per heavy atom. The zero-order valence-corrected chi connectivity index (χ0v) is 40.3. The van der Waals surface area contributed by atoms with Gasteiger partial charge in [-0.2, -0.15) is 46.5 Å². The van der Waals surface area contributed by atoms with Crippen molar-refractivity contribution in [2.24, 2.45) is 23.2 Å². The minimum absolute atomic E-state index is 0. The quantitative estimate of drug-likeness (QED) is 0.159. The van der Waals surface area contributed by atoms with Gasteiger partial charge in [0.25, 0.3) is 0 Å². The fraction of sp³-hybridized carbons (Fsp3) is 0.444. The number of hydrogen-bond acceptors (Lipinski definition) is 0. The first-order chi connectivity index (χ1) is 25.9. The number of benzene rings is 4. The summed E-state index contributed by atoms with van der Waals surface area (Å²) in [5.41, 5.74) is 19.4. The van der Waals surface area contributed by atoms with Crippen molar-refractivity contribution in [1.82, 2.24) is 0 Å². The van der Waals surface area contributed by atoms with Gasteiger partial charge in [-0.25, -0.2) is 6.07 Å². The van der Waals surface area contributed by atoms with Crippen molar-refractivity contribution in [3.63, 3.8) is 0 Å². The summed E-state index contributed by atoms with van der Waals surface area (Å²) in [5.74, 6) is 3.27. The van der Waals surface area contributed by atoms with Crippen LogP contribution in [-0.2, 0) is 47.9 Å². The van der Waals surface area contributed by atoms with Crippen LogP contribution in [0.3, 0.4) is 0 Å². The van der Waals surface area contributed by atoms with Crippen LogP contribution >= 0.6 is 0 Å². The number of halogens is 2. The summed E-state index contributed by atoms with van der Waals surface area (Å²) in [6.07, 6.45) is 11.7. The van der Waals surface area contributed by atoms with Crippen molar-refractivity contribution < 1.29 is 49.0 Å². The van der Waals surface area contributed by atoms with Gasteiger partial charge in [0.15, 0.2) is 0 Å². The van der Waals surface area contributed by atoms with Crippen LogP contribution in [0.4, 0.5) is 0 Å². The second kappa shape index (κ2) is 18.0. The van der Waals surface area contributed by atoms with Gasteiger partial charge in [0.1, 0.15) is 0 Å². The zero-order chi connectivity index (χ0) is 39.3. The molecule has 5 aromatic carbocycles. The maximum atomic E-state index is 3.67. The van der Waals surface area contributed by atoms with Crippen LogP contribution in [0.15, 0.2) is 91.0 Å². The Hall–Kier alpha value is -2.44. The molecule has 0 N–H and O–H groups in total. The van der Waals surface area contributed by atoms with E-state index >= 15 is 0 Å². The third-order valence-corrected chi connectivity index (χ3v) is 14.6. The van der Waals surface area contributed by atoms with Crippen LogP contribution in [-0.4, -0.2) is 3.21 Å². The Kier molecular flexibility index (Phi) is 14.4. The Morgan fingerprint density at radius 3 is 1.63 bits per heavy atom. The summed E-state index contributed by atoms with van der Waals surface area (Å²) in [4.78, 5) is 0. The molecule has 10 rings (SSSR count). The van der Waals surface area contributed by atoms with E-state index in [4.69, 9.17) is 0 Å². The van der Waals surface area contributed by atoms with Crippen molar-refractivity contribution in [2.75, 3.05) is 0 Å². The third-order valence-electron chi connectivity index (χ3n) is 13.2. The average molecular weight is 875 g/mol. The molecule has 0 aliphatic heterocycles. The Labute approximate surface area is 373 Å². The first-order valence-electron chi connectivity index (χ1n) is 21.1. The molecule has 4 saturated carbocycles. The molecule has 0 radical (unpaired) electrons. The first kappa shape index (κ1) is 45.6. The van der Waals surface area contributed by atoms with E-state index < -0.39 is 0 Å². The van der Waals surface area contributed by atoms with Crippen LogP contribution < -0.4 is 24.8 Å². The fourth-order valence-electron chi connectivity index (χ4n) is 10.6. The van der Waals surface area contributed by atoms with E-state index in [1.165, 1.54) is 95.1 Å². The zero-order valence-electron chi connectivity index (χ0n) is 36.3. The summed E-state index contributed by atoms with van der Waals surface area (Å²) in [7, 11) is 0. The number of rotatable bonds is 4. The number of fused-ring (bicyclic) bond motifs is 3. The molecular formula is C54H64Cl2Zr-2. The molecule has 0 atom stereocenters. The summed E-state index contributed by atoms with van der Waals surface area (Å²) in [6.45, 7) is 22.4. The summed E-state index contributed by atoms with van der Waals surface area (Å²) < 4.78 is 1.42. The van der Waals surface area contributed by atoms with E-state index in [2.05, 4.69) is 166 Å². The van der Waals surface area contributed by atoms with Gasteiger partial charge in [-0.15, -0.1) is 11.1 Å². The van der Waals surface area contributed by atoms with E-state index in [0.717, 1.165) is 24.2 Å². The van der Waals surface area contributed by atoms with Gasteiger partial charge in [-0.1, -0.05) is 85.6 Å². The van der Waals surface area contributed by atoms with Gasteiger partial charge in [-0.05, 0) is 90.1 Å². The Balaban J connectivity index is 0.000000162. The van der Waals surface area contributed by atoms with Gasteiger partial charge >= 0.3 is 112 Å². The standard InChI is InChI=1S/C21H25.C18H25.C15H14.2ClH.Zr/c1-20(2,3)16-7-9-18-14(12-16)11-15-13-17(21(4,5)6)8-10-19(15)18;1-12-3-13(2)17(4-12)11-18-8-14-5-15(9-18)7-16(6-14)10-18;1-12-3-7-14(8-4-12)11-15-9-5-13(2)6-10-15;;;/h7-10,12H,11H2,1-6H3;3-4,14-16H,5-11H2,1-2H3;3-10H,1-2H3;2*1H;/q2*-1;;;;+2/p-2. The molecule has 4 fully saturated rings. The van der Waals surface area contributed by atoms with Gasteiger partial charge in [0.2, 0.25) is 0 Å². The molecule has 0 nitrogen and oxygen atoms in total. The van der Waals surface area contributed by atoms with E-state index in [1.54, 1.807) is 49.7 Å². The van der Waals surface area contributed by atoms with Gasteiger partial charge < -0.3 is 24.8 Å². The molecule has 0 amide bonds. The van der Waals surface area contributed by atoms with E-state index in [9.17, 15) is 0 Å². The second-order valence-electron chi connectivity index (χ2n) is 20.3. The molecule has 0 unspecified atom stereocenters. The van der Waals surface area contributed by atoms with Crippen LogP contribution in [0.25, 0.3) is 11.1 Å². The normalized spacial score (nSPS) is 21.2. The maximum Gasteiger partial charge on any atom is -1.00 e. The van der Waals surface area contributed by atoms with E-state index in [-0.39, 0.29) is 35.6 Å². The van der Waals surface area contributed by atoms with Crippen molar-refractivity contribution in [3.05, 3.63) is 158 Å². The average Bonchev–Trinajstić information content (AvgIpc) is 3.64. The van der Waals surface area contributed by atoms with E-state index in [1.807, 2.05) is 0 Å². The minimum atomic E-state index is 0. The largest absolute Gasteiger partial charge is 1.00 e. The van der Waals surface area contributed by atoms with Crippen LogP contribution in [0, 0.1) is 56.9 Å². The molecule has 0 saturated heterocycles. The molecule has 57 heavy (non-hydrogen) atoms. The molecule has 4 bridgehead atoms. The maximum absolute atomic E-state index is 3.67. The molecular weight excluding hydrogens is 811 g/mol. The van der Waals surface area contributed by atoms with Gasteiger partial charge in [0, 0.05) is 0 Å². The number of aryl methyl sites for hydroxylation is 4. The van der Waals surface area contributed by atoms with Gasteiger partial charge in [-0.3, -0.25) is 0 Å². The molecule has 0 aromatic heterocycles. The third kappa shape index (κ3) is 10.7.